The van der Waals surface area contributed by atoms with Gasteiger partial charge in [-0.15, -0.1) is 11.6 Å². The van der Waals surface area contributed by atoms with Crippen molar-refractivity contribution in [3.05, 3.63) is 0 Å². The monoisotopic (exact) mass is 231 g/mol. The van der Waals surface area contributed by atoms with Gasteiger partial charge in [0.1, 0.15) is 0 Å². The number of morpholine rings is 1. The smallest absolute Gasteiger partial charge is 0.223 e. The van der Waals surface area contributed by atoms with E-state index >= 15 is 0 Å². The number of hydrogen-bond acceptors (Lipinski definition) is 2. The molecular weight excluding hydrogens is 214 g/mol. The molecule has 0 aromatic rings. The number of amides is 1. The fraction of sp³-hybridized carbons (Fsp3) is 0.909. The van der Waals surface area contributed by atoms with Gasteiger partial charge >= 0.3 is 0 Å². The van der Waals surface area contributed by atoms with E-state index in [1.165, 1.54) is 19.3 Å². The van der Waals surface area contributed by atoms with E-state index in [1.807, 2.05) is 4.90 Å². The maximum absolute atomic E-state index is 12.0. The number of carbonyl (C=O) groups excluding carboxylic acids is 1. The van der Waals surface area contributed by atoms with Crippen LogP contribution in [-0.4, -0.2) is 42.5 Å². The Bertz CT molecular complexity index is 231. The van der Waals surface area contributed by atoms with Gasteiger partial charge in [0.05, 0.1) is 19.3 Å². The van der Waals surface area contributed by atoms with E-state index in [0.717, 1.165) is 0 Å². The molecule has 1 saturated heterocycles. The summed E-state index contributed by atoms with van der Waals surface area (Å²) in [6.45, 7) is 1.96. The van der Waals surface area contributed by atoms with Crippen LogP contribution < -0.4 is 0 Å². The van der Waals surface area contributed by atoms with Crippen molar-refractivity contribution in [3.63, 3.8) is 0 Å². The average molecular weight is 232 g/mol. The summed E-state index contributed by atoms with van der Waals surface area (Å²) in [7, 11) is 0. The van der Waals surface area contributed by atoms with E-state index < -0.39 is 0 Å². The Balaban J connectivity index is 1.85. The van der Waals surface area contributed by atoms with Crippen LogP contribution in [0.15, 0.2) is 0 Å². The van der Waals surface area contributed by atoms with Gasteiger partial charge in [-0.1, -0.05) is 6.42 Å². The van der Waals surface area contributed by atoms with Crippen molar-refractivity contribution >= 4 is 17.5 Å². The van der Waals surface area contributed by atoms with Crippen LogP contribution in [0.5, 0.6) is 0 Å². The SMILES string of the molecule is O=C(CC1CCC1)N1CCOCC1CCl. The number of ether oxygens (including phenoxy) is 1. The quantitative estimate of drug-likeness (QED) is 0.692. The second kappa shape index (κ2) is 5.17. The van der Waals surface area contributed by atoms with Crippen LogP contribution >= 0.6 is 11.6 Å². The van der Waals surface area contributed by atoms with Crippen molar-refractivity contribution in [2.45, 2.75) is 31.7 Å². The lowest BCUT2D eigenvalue weighted by Gasteiger charge is -2.36. The second-order valence-corrected chi connectivity index (χ2v) is 4.78. The van der Waals surface area contributed by atoms with Crippen LogP contribution in [0, 0.1) is 5.92 Å². The van der Waals surface area contributed by atoms with Crippen LogP contribution in [0.25, 0.3) is 0 Å². The first-order valence-corrected chi connectivity index (χ1v) is 6.28. The van der Waals surface area contributed by atoms with Gasteiger partial charge in [-0.2, -0.15) is 0 Å². The lowest BCUT2D eigenvalue weighted by Crippen LogP contribution is -2.50. The molecular formula is C11H18ClNO2. The maximum Gasteiger partial charge on any atom is 0.223 e. The van der Waals surface area contributed by atoms with E-state index in [-0.39, 0.29) is 11.9 Å². The van der Waals surface area contributed by atoms with Crippen LogP contribution in [-0.2, 0) is 9.53 Å². The van der Waals surface area contributed by atoms with Crippen molar-refractivity contribution in [2.75, 3.05) is 25.6 Å². The van der Waals surface area contributed by atoms with Crippen LogP contribution in [0.4, 0.5) is 0 Å². The standard InChI is InChI=1S/C11H18ClNO2/c12-7-10-8-15-5-4-13(10)11(14)6-9-2-1-3-9/h9-10H,1-8H2. The minimum absolute atomic E-state index is 0.0907. The Morgan fingerprint density at radius 2 is 2.27 bits per heavy atom. The summed E-state index contributed by atoms with van der Waals surface area (Å²) in [5.41, 5.74) is 0. The third-order valence-corrected chi connectivity index (χ3v) is 3.77. The molecule has 15 heavy (non-hydrogen) atoms. The summed E-state index contributed by atoms with van der Waals surface area (Å²) in [6, 6.07) is 0.0907. The maximum atomic E-state index is 12.0. The molecule has 1 atom stereocenters. The molecule has 1 amide bonds. The first kappa shape index (κ1) is 11.2. The van der Waals surface area contributed by atoms with E-state index in [4.69, 9.17) is 16.3 Å². The third kappa shape index (κ3) is 2.64. The van der Waals surface area contributed by atoms with Crippen molar-refractivity contribution in [2.24, 2.45) is 5.92 Å². The van der Waals surface area contributed by atoms with Crippen molar-refractivity contribution < 1.29 is 9.53 Å². The largest absolute Gasteiger partial charge is 0.377 e. The van der Waals surface area contributed by atoms with Crippen molar-refractivity contribution in [1.82, 2.24) is 4.90 Å². The molecule has 2 rings (SSSR count). The van der Waals surface area contributed by atoms with Gasteiger partial charge in [-0.3, -0.25) is 4.79 Å². The molecule has 0 spiro atoms. The number of halogens is 1. The lowest BCUT2D eigenvalue weighted by atomic mass is 9.82. The molecule has 3 nitrogen and oxygen atoms in total. The van der Waals surface area contributed by atoms with Gasteiger partial charge < -0.3 is 9.64 Å². The van der Waals surface area contributed by atoms with E-state index in [0.29, 0.717) is 38.0 Å². The number of alkyl halides is 1. The summed E-state index contributed by atoms with van der Waals surface area (Å²) in [5, 5.41) is 0. The van der Waals surface area contributed by atoms with E-state index in [2.05, 4.69) is 0 Å². The Morgan fingerprint density at radius 3 is 2.87 bits per heavy atom. The Labute approximate surface area is 95.7 Å². The fourth-order valence-electron chi connectivity index (χ4n) is 2.17. The first-order valence-electron chi connectivity index (χ1n) is 5.74. The van der Waals surface area contributed by atoms with Gasteiger partial charge in [0, 0.05) is 18.8 Å². The summed E-state index contributed by atoms with van der Waals surface area (Å²) in [6.07, 6.45) is 4.45. The predicted octanol–water partition coefficient (Wildman–Crippen LogP) is 1.64. The Kier molecular flexibility index (Phi) is 3.87. The normalized spacial score (nSPS) is 27.5. The first-order chi connectivity index (χ1) is 7.31. The minimum atomic E-state index is 0.0907. The van der Waals surface area contributed by atoms with Gasteiger partial charge in [0.15, 0.2) is 0 Å². The van der Waals surface area contributed by atoms with Crippen molar-refractivity contribution in [1.29, 1.82) is 0 Å². The second-order valence-electron chi connectivity index (χ2n) is 4.47. The Morgan fingerprint density at radius 1 is 1.47 bits per heavy atom. The predicted molar refractivity (Wildman–Crippen MR) is 59.0 cm³/mol. The topological polar surface area (TPSA) is 29.5 Å². The highest BCUT2D eigenvalue weighted by atomic mass is 35.5. The zero-order valence-electron chi connectivity index (χ0n) is 8.95. The molecule has 1 unspecified atom stereocenters. The molecule has 0 aromatic carbocycles. The lowest BCUT2D eigenvalue weighted by molar-refractivity contribution is -0.140. The summed E-state index contributed by atoms with van der Waals surface area (Å²) >= 11 is 5.83. The summed E-state index contributed by atoms with van der Waals surface area (Å²) in [4.78, 5) is 13.9. The minimum Gasteiger partial charge on any atom is -0.377 e. The summed E-state index contributed by atoms with van der Waals surface area (Å²) in [5.74, 6) is 1.39. The highest BCUT2D eigenvalue weighted by Crippen LogP contribution is 2.30. The van der Waals surface area contributed by atoms with Crippen LogP contribution in [0.3, 0.4) is 0 Å². The molecule has 0 radical (unpaired) electrons. The van der Waals surface area contributed by atoms with Crippen LogP contribution in [0.2, 0.25) is 0 Å². The third-order valence-electron chi connectivity index (χ3n) is 3.41. The molecule has 0 N–H and O–H groups in total. The van der Waals surface area contributed by atoms with Crippen LogP contribution in [0.1, 0.15) is 25.7 Å². The van der Waals surface area contributed by atoms with Gasteiger partial charge in [-0.25, -0.2) is 0 Å². The highest BCUT2D eigenvalue weighted by molar-refractivity contribution is 6.18. The molecule has 1 aliphatic heterocycles. The van der Waals surface area contributed by atoms with Crippen molar-refractivity contribution in [3.8, 4) is 0 Å². The molecule has 86 valence electrons. The summed E-state index contributed by atoms with van der Waals surface area (Å²) < 4.78 is 5.32. The zero-order valence-corrected chi connectivity index (χ0v) is 9.71. The highest BCUT2D eigenvalue weighted by Gasteiger charge is 2.29. The molecule has 2 aliphatic rings. The number of hydrogen-bond donors (Lipinski definition) is 0. The molecule has 1 aliphatic carbocycles. The molecule has 1 saturated carbocycles. The fourth-order valence-corrected chi connectivity index (χ4v) is 2.43. The molecule has 4 heteroatoms. The van der Waals surface area contributed by atoms with Gasteiger partial charge in [0.2, 0.25) is 5.91 Å². The number of rotatable bonds is 3. The average Bonchev–Trinajstić information content (AvgIpc) is 2.23. The number of carbonyl (C=O) groups is 1. The van der Waals surface area contributed by atoms with Gasteiger partial charge in [0.25, 0.3) is 0 Å². The molecule has 2 fully saturated rings. The molecule has 0 bridgehead atoms. The van der Waals surface area contributed by atoms with Gasteiger partial charge in [-0.05, 0) is 18.8 Å². The Hall–Kier alpha value is -0.280. The number of nitrogens with zero attached hydrogens (tertiary/aromatic N) is 1. The van der Waals surface area contributed by atoms with E-state index in [1.54, 1.807) is 0 Å². The molecule has 1 heterocycles. The zero-order chi connectivity index (χ0) is 10.7. The van der Waals surface area contributed by atoms with E-state index in [9.17, 15) is 4.79 Å². The molecule has 0 aromatic heterocycles.